The number of morpholine rings is 1. The molecular weight excluding hydrogens is 268 g/mol. The zero-order chi connectivity index (χ0) is 15.6. The third-order valence-electron chi connectivity index (χ3n) is 3.87. The van der Waals surface area contributed by atoms with E-state index in [1.165, 1.54) is 0 Å². The first-order chi connectivity index (χ1) is 9.97. The van der Waals surface area contributed by atoms with Crippen molar-refractivity contribution in [3.05, 3.63) is 11.4 Å². The zero-order valence-electron chi connectivity index (χ0n) is 13.6. The van der Waals surface area contributed by atoms with Crippen molar-refractivity contribution in [3.63, 3.8) is 0 Å². The molecule has 1 fully saturated rings. The SMILES string of the molecule is CNc1nc(C(C)C)nc(N2CC(CO)OCC2C)c1C. The largest absolute Gasteiger partial charge is 0.394 e. The van der Waals surface area contributed by atoms with Gasteiger partial charge in [-0.3, -0.25) is 0 Å². The predicted molar refractivity (Wildman–Crippen MR) is 84.0 cm³/mol. The van der Waals surface area contributed by atoms with Gasteiger partial charge in [0.2, 0.25) is 0 Å². The standard InChI is InChI=1S/C15H26N4O2/c1-9(2)13-17-14(16-5)11(4)15(18-13)19-6-12(7-20)21-8-10(19)3/h9-10,12,20H,6-8H2,1-5H3,(H,16,17,18). The van der Waals surface area contributed by atoms with E-state index in [1.54, 1.807) is 0 Å². The molecule has 1 saturated heterocycles. The van der Waals surface area contributed by atoms with Crippen molar-refractivity contribution in [3.8, 4) is 0 Å². The van der Waals surface area contributed by atoms with Crippen molar-refractivity contribution in [1.29, 1.82) is 0 Å². The van der Waals surface area contributed by atoms with Crippen LogP contribution in [0.5, 0.6) is 0 Å². The summed E-state index contributed by atoms with van der Waals surface area (Å²) in [5.74, 6) is 2.90. The number of hydrogen-bond acceptors (Lipinski definition) is 6. The third kappa shape index (κ3) is 3.27. The Morgan fingerprint density at radius 1 is 1.43 bits per heavy atom. The molecule has 21 heavy (non-hydrogen) atoms. The highest BCUT2D eigenvalue weighted by Gasteiger charge is 2.29. The van der Waals surface area contributed by atoms with E-state index in [4.69, 9.17) is 9.72 Å². The van der Waals surface area contributed by atoms with Crippen molar-refractivity contribution in [2.75, 3.05) is 37.0 Å². The van der Waals surface area contributed by atoms with E-state index in [0.717, 1.165) is 23.0 Å². The Balaban J connectivity index is 2.43. The fourth-order valence-corrected chi connectivity index (χ4v) is 2.53. The molecule has 1 aromatic rings. The normalized spacial score (nSPS) is 22.7. The Bertz CT molecular complexity index is 493. The van der Waals surface area contributed by atoms with Crippen LogP contribution in [0.3, 0.4) is 0 Å². The highest BCUT2D eigenvalue weighted by molar-refractivity contribution is 5.59. The Morgan fingerprint density at radius 3 is 2.71 bits per heavy atom. The van der Waals surface area contributed by atoms with E-state index in [0.29, 0.717) is 13.2 Å². The number of aliphatic hydroxyl groups excluding tert-OH is 1. The van der Waals surface area contributed by atoms with Crippen LogP contribution in [0, 0.1) is 6.92 Å². The molecule has 0 amide bonds. The maximum Gasteiger partial charge on any atom is 0.137 e. The summed E-state index contributed by atoms with van der Waals surface area (Å²) in [6.45, 7) is 9.60. The van der Waals surface area contributed by atoms with Gasteiger partial charge in [-0.25, -0.2) is 9.97 Å². The molecule has 0 spiro atoms. The first-order valence-electron chi connectivity index (χ1n) is 7.53. The summed E-state index contributed by atoms with van der Waals surface area (Å²) in [4.78, 5) is 11.6. The molecule has 6 nitrogen and oxygen atoms in total. The number of aromatic nitrogens is 2. The average Bonchev–Trinajstić information content (AvgIpc) is 2.48. The molecule has 0 bridgehead atoms. The molecule has 0 saturated carbocycles. The fraction of sp³-hybridized carbons (Fsp3) is 0.733. The van der Waals surface area contributed by atoms with Gasteiger partial charge in [0.05, 0.1) is 25.4 Å². The van der Waals surface area contributed by atoms with Crippen LogP contribution in [0.2, 0.25) is 0 Å². The van der Waals surface area contributed by atoms with Crippen molar-refractivity contribution in [1.82, 2.24) is 9.97 Å². The van der Waals surface area contributed by atoms with Crippen LogP contribution in [0.15, 0.2) is 0 Å². The number of aliphatic hydroxyl groups is 1. The summed E-state index contributed by atoms with van der Waals surface area (Å²) in [6, 6.07) is 0.228. The van der Waals surface area contributed by atoms with Crippen LogP contribution < -0.4 is 10.2 Å². The Morgan fingerprint density at radius 2 is 2.14 bits per heavy atom. The summed E-state index contributed by atoms with van der Waals surface area (Å²) in [5, 5.41) is 12.5. The zero-order valence-corrected chi connectivity index (χ0v) is 13.6. The second kappa shape index (κ2) is 6.58. The Kier molecular flexibility index (Phi) is 5.00. The Hall–Kier alpha value is -1.40. The molecule has 1 aliphatic heterocycles. The smallest absolute Gasteiger partial charge is 0.137 e. The van der Waals surface area contributed by atoms with Crippen molar-refractivity contribution < 1.29 is 9.84 Å². The molecule has 2 N–H and O–H groups in total. The summed E-state index contributed by atoms with van der Waals surface area (Å²) >= 11 is 0. The average molecular weight is 294 g/mol. The second-order valence-electron chi connectivity index (χ2n) is 5.92. The van der Waals surface area contributed by atoms with Crippen LogP contribution in [-0.2, 0) is 4.74 Å². The van der Waals surface area contributed by atoms with Gasteiger partial charge in [0.25, 0.3) is 0 Å². The van der Waals surface area contributed by atoms with Gasteiger partial charge >= 0.3 is 0 Å². The van der Waals surface area contributed by atoms with Gasteiger partial charge < -0.3 is 20.1 Å². The second-order valence-corrected chi connectivity index (χ2v) is 5.92. The molecule has 118 valence electrons. The molecule has 2 atom stereocenters. The maximum absolute atomic E-state index is 9.36. The quantitative estimate of drug-likeness (QED) is 0.878. The summed E-state index contributed by atoms with van der Waals surface area (Å²) in [6.07, 6.45) is -0.156. The predicted octanol–water partition coefficient (Wildman–Crippen LogP) is 1.54. The lowest BCUT2D eigenvalue weighted by atomic mass is 10.1. The molecule has 2 heterocycles. The summed E-state index contributed by atoms with van der Waals surface area (Å²) < 4.78 is 5.61. The molecule has 0 aliphatic carbocycles. The number of anilines is 2. The molecule has 1 aliphatic rings. The molecule has 0 aromatic carbocycles. The van der Waals surface area contributed by atoms with Gasteiger partial charge in [0.1, 0.15) is 17.5 Å². The van der Waals surface area contributed by atoms with E-state index in [-0.39, 0.29) is 24.7 Å². The highest BCUT2D eigenvalue weighted by atomic mass is 16.5. The molecule has 2 rings (SSSR count). The van der Waals surface area contributed by atoms with Crippen LogP contribution in [0.4, 0.5) is 11.6 Å². The van der Waals surface area contributed by atoms with E-state index < -0.39 is 0 Å². The van der Waals surface area contributed by atoms with Crippen LogP contribution in [0.1, 0.15) is 38.1 Å². The third-order valence-corrected chi connectivity index (χ3v) is 3.87. The van der Waals surface area contributed by atoms with E-state index in [9.17, 15) is 5.11 Å². The number of nitrogens with one attached hydrogen (secondary N) is 1. The number of hydrogen-bond donors (Lipinski definition) is 2. The maximum atomic E-state index is 9.36. The fourth-order valence-electron chi connectivity index (χ4n) is 2.53. The van der Waals surface area contributed by atoms with Gasteiger partial charge in [-0.15, -0.1) is 0 Å². The Labute approximate surface area is 126 Å². The lowest BCUT2D eigenvalue weighted by molar-refractivity contribution is -0.0106. The van der Waals surface area contributed by atoms with E-state index in [2.05, 4.69) is 36.0 Å². The van der Waals surface area contributed by atoms with E-state index in [1.807, 2.05) is 14.0 Å². The highest BCUT2D eigenvalue weighted by Crippen LogP contribution is 2.29. The van der Waals surface area contributed by atoms with Crippen molar-refractivity contribution in [2.45, 2.75) is 45.8 Å². The lowest BCUT2D eigenvalue weighted by Crippen LogP contribution is -2.50. The van der Waals surface area contributed by atoms with Crippen molar-refractivity contribution in [2.24, 2.45) is 0 Å². The van der Waals surface area contributed by atoms with Gasteiger partial charge in [-0.05, 0) is 13.8 Å². The van der Waals surface area contributed by atoms with Gasteiger partial charge in [-0.2, -0.15) is 0 Å². The summed E-state index contributed by atoms with van der Waals surface area (Å²) in [7, 11) is 1.88. The molecule has 2 unspecified atom stereocenters. The first kappa shape index (κ1) is 16.0. The van der Waals surface area contributed by atoms with Gasteiger partial charge in [-0.1, -0.05) is 13.8 Å². The molecular formula is C15H26N4O2. The minimum absolute atomic E-state index is 0.0310. The lowest BCUT2D eigenvalue weighted by Gasteiger charge is -2.39. The first-order valence-corrected chi connectivity index (χ1v) is 7.53. The molecule has 0 radical (unpaired) electrons. The minimum Gasteiger partial charge on any atom is -0.394 e. The van der Waals surface area contributed by atoms with Gasteiger partial charge in [0.15, 0.2) is 0 Å². The van der Waals surface area contributed by atoms with Crippen LogP contribution in [0.25, 0.3) is 0 Å². The molecule has 1 aromatic heterocycles. The topological polar surface area (TPSA) is 70.5 Å². The van der Waals surface area contributed by atoms with Crippen molar-refractivity contribution >= 4 is 11.6 Å². The van der Waals surface area contributed by atoms with Gasteiger partial charge in [0, 0.05) is 25.1 Å². The monoisotopic (exact) mass is 294 g/mol. The number of rotatable bonds is 4. The number of nitrogens with zero attached hydrogens (tertiary/aromatic N) is 3. The number of ether oxygens (including phenoxy) is 1. The summed E-state index contributed by atoms with van der Waals surface area (Å²) in [5.41, 5.74) is 1.03. The van der Waals surface area contributed by atoms with Crippen LogP contribution >= 0.6 is 0 Å². The minimum atomic E-state index is -0.156. The van der Waals surface area contributed by atoms with E-state index >= 15 is 0 Å². The van der Waals surface area contributed by atoms with Crippen LogP contribution in [-0.4, -0.2) is 54.0 Å². The molecule has 6 heteroatoms.